The van der Waals surface area contributed by atoms with E-state index in [-0.39, 0.29) is 5.84 Å². The maximum atomic E-state index is 5.47. The molecule has 6 heteroatoms. The first kappa shape index (κ1) is 6.51. The summed E-state index contributed by atoms with van der Waals surface area (Å²) in [5.41, 5.74) is 7.71. The fourth-order valence-electron chi connectivity index (χ4n) is 0.405. The minimum absolute atomic E-state index is 0.272. The van der Waals surface area contributed by atoms with Crippen LogP contribution in [0.2, 0.25) is 0 Å². The molecule has 0 radical (unpaired) electrons. The van der Waals surface area contributed by atoms with Gasteiger partial charge in [-0.1, -0.05) is 11.6 Å². The minimum atomic E-state index is 0.272. The molecule has 9 heavy (non-hydrogen) atoms. The van der Waals surface area contributed by atoms with Crippen LogP contribution in [0.4, 0.5) is 0 Å². The number of nitrogens with two attached hydrogens (primary N) is 1. The van der Waals surface area contributed by atoms with E-state index in [2.05, 4.69) is 10.5 Å². The molecule has 0 amide bonds. The second-order valence-electron chi connectivity index (χ2n) is 1.39. The summed E-state index contributed by atoms with van der Waals surface area (Å²) in [6.45, 7) is 0. The van der Waals surface area contributed by atoms with E-state index < -0.39 is 0 Å². The zero-order valence-corrected chi connectivity index (χ0v) is 5.82. The molecule has 1 aliphatic rings. The van der Waals surface area contributed by atoms with Gasteiger partial charge in [0, 0.05) is 6.08 Å². The molecule has 0 saturated heterocycles. The Kier molecular flexibility index (Phi) is 1.68. The van der Waals surface area contributed by atoms with Crippen LogP contribution in [0.3, 0.4) is 0 Å². The molecule has 0 fully saturated rings. The lowest BCUT2D eigenvalue weighted by atomic mass is 10.5. The second kappa shape index (κ2) is 2.33. The number of nitrogens with one attached hydrogen (secondary N) is 1. The molecule has 50 valence electrons. The highest BCUT2D eigenvalue weighted by Gasteiger charge is 2.04. The molecule has 1 rings (SSSR count). The monoisotopic (exact) mass is 166 g/mol. The van der Waals surface area contributed by atoms with Gasteiger partial charge in [0.05, 0.1) is 11.8 Å². The van der Waals surface area contributed by atoms with Gasteiger partial charge in [-0.25, -0.2) is 0 Å². The van der Waals surface area contributed by atoms with Gasteiger partial charge in [0.15, 0.2) is 0 Å². The normalized spacial score (nSPS) is 18.2. The predicted molar refractivity (Wildman–Crippen MR) is 36.4 cm³/mol. The number of amidine groups is 1. The number of hydrazine groups is 1. The molecule has 0 bridgehead atoms. The molecule has 0 aliphatic carbocycles. The molecule has 0 aromatic heterocycles. The van der Waals surface area contributed by atoms with E-state index in [1.807, 2.05) is 0 Å². The third-order valence-corrected chi connectivity index (χ3v) is 1.03. The predicted octanol–water partition coefficient (Wildman–Crippen LogP) is 0.313. The van der Waals surface area contributed by atoms with Gasteiger partial charge in [-0.3, -0.25) is 5.43 Å². The Morgan fingerprint density at radius 1 is 1.78 bits per heavy atom. The quantitative estimate of drug-likeness (QED) is 0.403. The first-order valence-electron chi connectivity index (χ1n) is 2.12. The van der Waals surface area contributed by atoms with Crippen LogP contribution in [0.5, 0.6) is 0 Å². The molecule has 0 spiro atoms. The maximum absolute atomic E-state index is 5.47. The average molecular weight is 167 g/mol. The van der Waals surface area contributed by atoms with Crippen LogP contribution >= 0.6 is 23.4 Å². The van der Waals surface area contributed by atoms with E-state index in [1.54, 1.807) is 0 Å². The van der Waals surface area contributed by atoms with Crippen molar-refractivity contribution in [2.75, 3.05) is 0 Å². The van der Waals surface area contributed by atoms with E-state index in [1.165, 1.54) is 6.08 Å². The molecule has 0 aromatic rings. The van der Waals surface area contributed by atoms with Crippen molar-refractivity contribution >= 4 is 29.2 Å². The van der Waals surface area contributed by atoms with Gasteiger partial charge in [-0.05, 0) is 0 Å². The van der Waals surface area contributed by atoms with E-state index in [4.69, 9.17) is 29.1 Å². The van der Waals surface area contributed by atoms with E-state index >= 15 is 0 Å². The molecular weight excluding hydrogens is 163 g/mol. The highest BCUT2D eigenvalue weighted by molar-refractivity contribution is 6.31. The summed E-state index contributed by atoms with van der Waals surface area (Å²) in [5.74, 6) is 0.272. The van der Waals surface area contributed by atoms with Gasteiger partial charge in [0.2, 0.25) is 0 Å². The molecule has 0 unspecified atom stereocenters. The number of hydrazone groups is 1. The van der Waals surface area contributed by atoms with Gasteiger partial charge in [0.25, 0.3) is 0 Å². The molecule has 0 aromatic carbocycles. The van der Waals surface area contributed by atoms with E-state index in [9.17, 15) is 0 Å². The number of hydrogen-bond acceptors (Lipinski definition) is 4. The number of nitrogens with zero attached hydrogens (tertiary/aromatic N) is 2. The first-order chi connectivity index (χ1) is 4.18. The van der Waals surface area contributed by atoms with Gasteiger partial charge in [0.1, 0.15) is 11.0 Å². The molecule has 4 nitrogen and oxygen atoms in total. The summed E-state index contributed by atoms with van der Waals surface area (Å²) in [6.07, 6.45) is 1.46. The highest BCUT2D eigenvalue weighted by Crippen LogP contribution is 2.04. The maximum Gasteiger partial charge on any atom is 0.150 e. The van der Waals surface area contributed by atoms with Crippen molar-refractivity contribution in [3.05, 3.63) is 11.2 Å². The Labute approximate surface area is 62.0 Å². The van der Waals surface area contributed by atoms with Gasteiger partial charge in [-0.2, -0.15) is 0 Å². The van der Waals surface area contributed by atoms with Crippen molar-refractivity contribution in [1.82, 2.24) is 10.1 Å². The summed E-state index contributed by atoms with van der Waals surface area (Å²) in [7, 11) is 0. The van der Waals surface area contributed by atoms with Crippen LogP contribution in [0.15, 0.2) is 16.3 Å². The molecule has 1 heterocycles. The lowest BCUT2D eigenvalue weighted by Crippen LogP contribution is -2.30. The van der Waals surface area contributed by atoms with Crippen LogP contribution in [-0.2, 0) is 0 Å². The van der Waals surface area contributed by atoms with Crippen molar-refractivity contribution in [3.8, 4) is 0 Å². The average Bonchev–Trinajstić information content (AvgIpc) is 1.59. The topological polar surface area (TPSA) is 53.6 Å². The van der Waals surface area contributed by atoms with Gasteiger partial charge >= 0.3 is 0 Å². The lowest BCUT2D eigenvalue weighted by Gasteiger charge is -2.14. The van der Waals surface area contributed by atoms with Crippen molar-refractivity contribution in [3.63, 3.8) is 0 Å². The lowest BCUT2D eigenvalue weighted by molar-refractivity contribution is 0.404. The van der Waals surface area contributed by atoms with E-state index in [0.29, 0.717) is 5.16 Å². The van der Waals surface area contributed by atoms with Gasteiger partial charge in [-0.15, -0.1) is 9.74 Å². The Morgan fingerprint density at radius 3 is 2.89 bits per heavy atom. The van der Waals surface area contributed by atoms with E-state index in [0.717, 1.165) is 4.64 Å². The van der Waals surface area contributed by atoms with Crippen LogP contribution < -0.4 is 11.2 Å². The summed E-state index contributed by atoms with van der Waals surface area (Å²) in [5, 5.41) is 3.90. The zero-order chi connectivity index (χ0) is 6.85. The van der Waals surface area contributed by atoms with Crippen LogP contribution in [-0.4, -0.2) is 10.5 Å². The zero-order valence-electron chi connectivity index (χ0n) is 4.31. The highest BCUT2D eigenvalue weighted by atomic mass is 35.5. The Balaban J connectivity index is 2.74. The second-order valence-corrected chi connectivity index (χ2v) is 2.12. The Bertz CT molecular complexity index is 175. The molecule has 0 atom stereocenters. The van der Waals surface area contributed by atoms with Crippen LogP contribution in [0.1, 0.15) is 0 Å². The minimum Gasteiger partial charge on any atom is -0.382 e. The van der Waals surface area contributed by atoms with Gasteiger partial charge < -0.3 is 5.73 Å². The third kappa shape index (κ3) is 1.65. The third-order valence-electron chi connectivity index (χ3n) is 0.677. The standard InChI is InChI=1S/C3H4Cl2N4/c4-2-1-3(6)8-9(5)7-2/h1,7H,(H2,6,8). The largest absolute Gasteiger partial charge is 0.382 e. The number of rotatable bonds is 0. The Morgan fingerprint density at radius 2 is 2.44 bits per heavy atom. The van der Waals surface area contributed by atoms with Crippen LogP contribution in [0.25, 0.3) is 0 Å². The fourth-order valence-corrected chi connectivity index (χ4v) is 0.819. The van der Waals surface area contributed by atoms with Crippen molar-refractivity contribution in [2.24, 2.45) is 10.8 Å². The Hall–Kier alpha value is -0.610. The first-order valence-corrected chi connectivity index (χ1v) is 2.84. The van der Waals surface area contributed by atoms with Crippen molar-refractivity contribution < 1.29 is 0 Å². The summed E-state index contributed by atoms with van der Waals surface area (Å²) < 4.78 is 0.914. The van der Waals surface area contributed by atoms with Crippen molar-refractivity contribution in [1.29, 1.82) is 0 Å². The summed E-state index contributed by atoms with van der Waals surface area (Å²) >= 11 is 10.8. The fraction of sp³-hybridized carbons (Fsp3) is 0. The molecular formula is C3H4Cl2N4. The summed E-state index contributed by atoms with van der Waals surface area (Å²) in [6, 6.07) is 0. The van der Waals surface area contributed by atoms with Crippen molar-refractivity contribution in [2.45, 2.75) is 0 Å². The number of hydrogen-bond donors (Lipinski definition) is 2. The smallest absolute Gasteiger partial charge is 0.150 e. The molecule has 0 saturated carbocycles. The molecule has 3 N–H and O–H groups in total. The molecule has 1 aliphatic heterocycles. The summed E-state index contributed by atoms with van der Waals surface area (Å²) in [4.78, 5) is 0. The number of halogens is 2. The van der Waals surface area contributed by atoms with Crippen LogP contribution in [0, 0.1) is 0 Å². The SMILES string of the molecule is NC1=NN(Cl)NC(Cl)=C1.